The molecule has 1 fully saturated rings. The number of carbonyl (C=O) groups excluding carboxylic acids is 2. The Balaban J connectivity index is 1.74. The van der Waals surface area contributed by atoms with Gasteiger partial charge in [-0.2, -0.15) is 0 Å². The molecule has 2 aromatic rings. The first-order valence-electron chi connectivity index (χ1n) is 6.40. The van der Waals surface area contributed by atoms with Gasteiger partial charge in [0.25, 0.3) is 5.91 Å². The van der Waals surface area contributed by atoms with Crippen LogP contribution in [0.1, 0.15) is 23.3 Å². The van der Waals surface area contributed by atoms with Crippen LogP contribution in [0.5, 0.6) is 0 Å². The molecule has 0 radical (unpaired) electrons. The van der Waals surface area contributed by atoms with Crippen LogP contribution in [-0.4, -0.2) is 29.4 Å². The summed E-state index contributed by atoms with van der Waals surface area (Å²) in [6.07, 6.45) is 1.75. The topological polar surface area (TPSA) is 74.0 Å². The van der Waals surface area contributed by atoms with E-state index >= 15 is 0 Å². The van der Waals surface area contributed by atoms with Crippen molar-refractivity contribution in [2.45, 2.75) is 18.9 Å². The average molecular weight is 257 g/mol. The Bertz CT molecular complexity index is 593. The first-order chi connectivity index (χ1) is 9.24. The van der Waals surface area contributed by atoms with Gasteiger partial charge in [0.1, 0.15) is 5.69 Å². The van der Waals surface area contributed by atoms with Crippen molar-refractivity contribution < 1.29 is 9.59 Å². The fourth-order valence-corrected chi connectivity index (χ4v) is 2.37. The van der Waals surface area contributed by atoms with Crippen molar-refractivity contribution in [3.8, 4) is 0 Å². The molecule has 1 saturated heterocycles. The highest BCUT2D eigenvalue weighted by Gasteiger charge is 2.24. The number of amides is 2. The van der Waals surface area contributed by atoms with Gasteiger partial charge in [0.05, 0.1) is 6.04 Å². The Hall–Kier alpha value is -2.14. The lowest BCUT2D eigenvalue weighted by Gasteiger charge is -2.08. The Kier molecular flexibility index (Phi) is 3.05. The number of rotatable bonds is 2. The summed E-state index contributed by atoms with van der Waals surface area (Å²) in [6.45, 7) is 0.832. The minimum absolute atomic E-state index is 0.242. The Morgan fingerprint density at radius 3 is 2.84 bits per heavy atom. The lowest BCUT2D eigenvalue weighted by molar-refractivity contribution is -0.121. The number of H-pyrrole nitrogens is 1. The van der Waals surface area contributed by atoms with Crippen LogP contribution in [0.15, 0.2) is 30.3 Å². The van der Waals surface area contributed by atoms with Gasteiger partial charge in [-0.15, -0.1) is 0 Å². The van der Waals surface area contributed by atoms with Crippen LogP contribution >= 0.6 is 0 Å². The maximum atomic E-state index is 12.0. The molecule has 19 heavy (non-hydrogen) atoms. The first kappa shape index (κ1) is 11.9. The van der Waals surface area contributed by atoms with E-state index in [2.05, 4.69) is 15.6 Å². The number of hydrogen-bond donors (Lipinski definition) is 3. The zero-order valence-electron chi connectivity index (χ0n) is 10.4. The first-order valence-corrected chi connectivity index (χ1v) is 6.40. The molecular weight excluding hydrogens is 242 g/mol. The molecule has 0 saturated carbocycles. The highest BCUT2D eigenvalue weighted by molar-refractivity contribution is 6.07. The van der Waals surface area contributed by atoms with Crippen molar-refractivity contribution in [3.05, 3.63) is 36.0 Å². The van der Waals surface area contributed by atoms with E-state index in [1.807, 2.05) is 24.3 Å². The second-order valence-corrected chi connectivity index (χ2v) is 4.74. The number of aromatic amines is 1. The molecule has 3 rings (SSSR count). The fourth-order valence-electron chi connectivity index (χ4n) is 2.37. The van der Waals surface area contributed by atoms with Gasteiger partial charge in [-0.1, -0.05) is 18.2 Å². The van der Waals surface area contributed by atoms with E-state index < -0.39 is 0 Å². The van der Waals surface area contributed by atoms with E-state index in [0.717, 1.165) is 30.3 Å². The third-order valence-corrected chi connectivity index (χ3v) is 3.39. The predicted molar refractivity (Wildman–Crippen MR) is 71.8 cm³/mol. The lowest BCUT2D eigenvalue weighted by Crippen LogP contribution is -2.43. The van der Waals surface area contributed by atoms with Crippen LogP contribution in [-0.2, 0) is 4.79 Å². The molecule has 1 aromatic heterocycles. The SMILES string of the molecule is O=C(NC(=O)C1CCCN1)c1cc2ccccc2[nH]1. The van der Waals surface area contributed by atoms with E-state index in [4.69, 9.17) is 0 Å². The number of carbonyl (C=O) groups is 2. The number of imide groups is 1. The Labute approximate surface area is 110 Å². The number of benzene rings is 1. The lowest BCUT2D eigenvalue weighted by atomic mass is 10.2. The maximum absolute atomic E-state index is 12.0. The van der Waals surface area contributed by atoms with Crippen molar-refractivity contribution in [2.75, 3.05) is 6.54 Å². The van der Waals surface area contributed by atoms with Gasteiger partial charge in [-0.3, -0.25) is 14.9 Å². The van der Waals surface area contributed by atoms with Crippen LogP contribution in [0.2, 0.25) is 0 Å². The molecule has 2 heterocycles. The van der Waals surface area contributed by atoms with E-state index in [0.29, 0.717) is 5.69 Å². The second-order valence-electron chi connectivity index (χ2n) is 4.74. The van der Waals surface area contributed by atoms with Gasteiger partial charge in [-0.25, -0.2) is 0 Å². The zero-order chi connectivity index (χ0) is 13.2. The minimum atomic E-state index is -0.380. The molecule has 0 aliphatic carbocycles. The van der Waals surface area contributed by atoms with Gasteiger partial charge in [0.2, 0.25) is 5.91 Å². The largest absolute Gasteiger partial charge is 0.351 e. The average Bonchev–Trinajstić information content (AvgIpc) is 3.07. The molecule has 0 spiro atoms. The Morgan fingerprint density at radius 2 is 2.11 bits per heavy atom. The molecule has 1 atom stereocenters. The van der Waals surface area contributed by atoms with E-state index in [1.54, 1.807) is 6.07 Å². The highest BCUT2D eigenvalue weighted by Crippen LogP contribution is 2.14. The molecule has 1 aliphatic rings. The second kappa shape index (κ2) is 4.85. The van der Waals surface area contributed by atoms with Gasteiger partial charge in [-0.05, 0) is 31.5 Å². The van der Waals surface area contributed by atoms with Crippen LogP contribution < -0.4 is 10.6 Å². The molecule has 5 nitrogen and oxygen atoms in total. The maximum Gasteiger partial charge on any atom is 0.274 e. The molecule has 1 aromatic carbocycles. The van der Waals surface area contributed by atoms with Crippen molar-refractivity contribution in [1.29, 1.82) is 0 Å². The molecule has 1 aliphatic heterocycles. The van der Waals surface area contributed by atoms with E-state index in [9.17, 15) is 9.59 Å². The van der Waals surface area contributed by atoms with Gasteiger partial charge in [0.15, 0.2) is 0 Å². The summed E-state index contributed by atoms with van der Waals surface area (Å²) in [5.41, 5.74) is 1.30. The third kappa shape index (κ3) is 2.37. The Morgan fingerprint density at radius 1 is 1.26 bits per heavy atom. The van der Waals surface area contributed by atoms with Crippen LogP contribution in [0.3, 0.4) is 0 Å². The van der Waals surface area contributed by atoms with Crippen molar-refractivity contribution in [2.24, 2.45) is 0 Å². The number of hydrogen-bond acceptors (Lipinski definition) is 3. The highest BCUT2D eigenvalue weighted by atomic mass is 16.2. The third-order valence-electron chi connectivity index (χ3n) is 3.39. The summed E-state index contributed by atoms with van der Waals surface area (Å²) >= 11 is 0. The number of fused-ring (bicyclic) bond motifs is 1. The van der Waals surface area contributed by atoms with Gasteiger partial charge >= 0.3 is 0 Å². The summed E-state index contributed by atoms with van der Waals surface area (Å²) in [6, 6.07) is 9.13. The van der Waals surface area contributed by atoms with Gasteiger partial charge in [0, 0.05) is 10.9 Å². The molecule has 0 bridgehead atoms. The number of aromatic nitrogens is 1. The molecule has 5 heteroatoms. The zero-order valence-corrected chi connectivity index (χ0v) is 10.4. The summed E-state index contributed by atoms with van der Waals surface area (Å²) < 4.78 is 0. The minimum Gasteiger partial charge on any atom is -0.351 e. The smallest absolute Gasteiger partial charge is 0.274 e. The van der Waals surface area contributed by atoms with Crippen molar-refractivity contribution in [1.82, 2.24) is 15.6 Å². The predicted octanol–water partition coefficient (Wildman–Crippen LogP) is 1.18. The molecule has 1 unspecified atom stereocenters. The standard InChI is InChI=1S/C14H15N3O2/c18-13(11-6-3-7-15-11)17-14(19)12-8-9-4-1-2-5-10(9)16-12/h1-2,4-5,8,11,15-16H,3,6-7H2,(H,17,18,19). The van der Waals surface area contributed by atoms with Crippen LogP contribution in [0.4, 0.5) is 0 Å². The summed E-state index contributed by atoms with van der Waals surface area (Å²) in [5, 5.41) is 6.45. The molecular formula is C14H15N3O2. The van der Waals surface area contributed by atoms with Crippen molar-refractivity contribution >= 4 is 22.7 Å². The van der Waals surface area contributed by atoms with E-state index in [1.165, 1.54) is 0 Å². The quantitative estimate of drug-likeness (QED) is 0.707. The molecule has 98 valence electrons. The summed E-state index contributed by atoms with van der Waals surface area (Å²) in [7, 11) is 0. The summed E-state index contributed by atoms with van der Waals surface area (Å²) in [5.74, 6) is -0.629. The van der Waals surface area contributed by atoms with Gasteiger partial charge < -0.3 is 10.3 Å². The summed E-state index contributed by atoms with van der Waals surface area (Å²) in [4.78, 5) is 26.8. The van der Waals surface area contributed by atoms with E-state index in [-0.39, 0.29) is 17.9 Å². The monoisotopic (exact) mass is 257 g/mol. The molecule has 2 amide bonds. The normalized spacial score (nSPS) is 18.6. The van der Waals surface area contributed by atoms with Crippen molar-refractivity contribution in [3.63, 3.8) is 0 Å². The fraction of sp³-hybridized carbons (Fsp3) is 0.286. The van der Waals surface area contributed by atoms with Crippen LogP contribution in [0, 0.1) is 0 Å². The number of nitrogens with one attached hydrogen (secondary N) is 3. The van der Waals surface area contributed by atoms with Crippen LogP contribution in [0.25, 0.3) is 10.9 Å². The number of para-hydroxylation sites is 1. The molecule has 3 N–H and O–H groups in total.